The maximum absolute atomic E-state index is 6.39. The van der Waals surface area contributed by atoms with E-state index in [1.165, 1.54) is 5.56 Å². The van der Waals surface area contributed by atoms with Crippen molar-refractivity contribution in [3.05, 3.63) is 42.5 Å². The molecule has 0 spiro atoms. The predicted molar refractivity (Wildman–Crippen MR) is 76.3 cm³/mol. The summed E-state index contributed by atoms with van der Waals surface area (Å²) in [5.74, 6) is 1.36. The Morgan fingerprint density at radius 2 is 2.00 bits per heavy atom. The lowest BCUT2D eigenvalue weighted by molar-refractivity contribution is -0.172. The molecule has 2 nitrogen and oxygen atoms in total. The first kappa shape index (κ1) is 12.7. The maximum Gasteiger partial charge on any atom is 0.125 e. The van der Waals surface area contributed by atoms with Gasteiger partial charge in [0.05, 0.1) is 11.7 Å². The molecule has 0 aliphatic carbocycles. The lowest BCUT2D eigenvalue weighted by Gasteiger charge is -2.51. The molecule has 2 aliphatic rings. The molecule has 0 amide bonds. The lowest BCUT2D eigenvalue weighted by Crippen LogP contribution is -2.50. The summed E-state index contributed by atoms with van der Waals surface area (Å²) in [6.07, 6.45) is 4.16. The van der Waals surface area contributed by atoms with E-state index in [9.17, 15) is 0 Å². The minimum atomic E-state index is -0.221. The Kier molecular flexibility index (Phi) is 2.75. The van der Waals surface area contributed by atoms with Crippen molar-refractivity contribution < 1.29 is 9.47 Å². The van der Waals surface area contributed by atoms with E-state index in [1.54, 1.807) is 0 Å². The molecule has 1 saturated heterocycles. The van der Waals surface area contributed by atoms with Gasteiger partial charge in [-0.05, 0) is 39.7 Å². The van der Waals surface area contributed by atoms with Crippen LogP contribution in [0.2, 0.25) is 0 Å². The van der Waals surface area contributed by atoms with Gasteiger partial charge in [0.25, 0.3) is 0 Å². The molecule has 0 saturated carbocycles. The summed E-state index contributed by atoms with van der Waals surface area (Å²) in [4.78, 5) is 0. The maximum atomic E-state index is 6.39. The highest BCUT2D eigenvalue weighted by Crippen LogP contribution is 2.52. The second-order valence-corrected chi connectivity index (χ2v) is 6.44. The average molecular weight is 258 g/mol. The summed E-state index contributed by atoms with van der Waals surface area (Å²) in [6.45, 7) is 10.4. The molecule has 19 heavy (non-hydrogen) atoms. The average Bonchev–Trinajstić information content (AvgIpc) is 2.38. The molecule has 3 unspecified atom stereocenters. The number of para-hydroxylation sites is 1. The smallest absolute Gasteiger partial charge is 0.125 e. The number of benzene rings is 1. The van der Waals surface area contributed by atoms with Gasteiger partial charge in [-0.3, -0.25) is 0 Å². The van der Waals surface area contributed by atoms with Crippen molar-refractivity contribution in [2.24, 2.45) is 5.92 Å². The molecule has 0 radical (unpaired) electrons. The van der Waals surface area contributed by atoms with Crippen LogP contribution in [0.3, 0.4) is 0 Å². The highest BCUT2D eigenvalue weighted by molar-refractivity contribution is 5.39. The molecule has 1 fully saturated rings. The van der Waals surface area contributed by atoms with Crippen LogP contribution in [0, 0.1) is 5.92 Å². The van der Waals surface area contributed by atoms with E-state index >= 15 is 0 Å². The molecule has 3 atom stereocenters. The van der Waals surface area contributed by atoms with Gasteiger partial charge in [-0.2, -0.15) is 0 Å². The SMILES string of the molecule is C=CC1(C)CCC2C(O1)c1ccccc1OC2(C)C. The van der Waals surface area contributed by atoms with Gasteiger partial charge in [-0.15, -0.1) is 6.58 Å². The summed E-state index contributed by atoms with van der Waals surface area (Å²) in [6, 6.07) is 8.24. The van der Waals surface area contributed by atoms with Crippen LogP contribution in [0.1, 0.15) is 45.3 Å². The van der Waals surface area contributed by atoms with Crippen LogP contribution in [0.25, 0.3) is 0 Å². The third-order valence-corrected chi connectivity index (χ3v) is 4.64. The van der Waals surface area contributed by atoms with Gasteiger partial charge in [-0.1, -0.05) is 24.3 Å². The number of hydrogen-bond donors (Lipinski definition) is 0. The van der Waals surface area contributed by atoms with E-state index in [1.807, 2.05) is 18.2 Å². The molecule has 1 aromatic carbocycles. The van der Waals surface area contributed by atoms with Crippen LogP contribution < -0.4 is 4.74 Å². The van der Waals surface area contributed by atoms with E-state index in [0.29, 0.717) is 5.92 Å². The Labute approximate surface area is 115 Å². The first-order valence-electron chi connectivity index (χ1n) is 7.04. The molecular weight excluding hydrogens is 236 g/mol. The van der Waals surface area contributed by atoms with Crippen LogP contribution >= 0.6 is 0 Å². The summed E-state index contributed by atoms with van der Waals surface area (Å²) >= 11 is 0. The zero-order chi connectivity index (χ0) is 13.7. The Morgan fingerprint density at radius 1 is 1.26 bits per heavy atom. The molecule has 2 heterocycles. The van der Waals surface area contributed by atoms with Crippen molar-refractivity contribution in [1.82, 2.24) is 0 Å². The summed E-state index contributed by atoms with van der Waals surface area (Å²) < 4.78 is 12.6. The third kappa shape index (κ3) is 1.99. The highest BCUT2D eigenvalue weighted by Gasteiger charge is 2.49. The monoisotopic (exact) mass is 258 g/mol. The third-order valence-electron chi connectivity index (χ3n) is 4.64. The summed E-state index contributed by atoms with van der Waals surface area (Å²) in [7, 11) is 0. The van der Waals surface area contributed by atoms with Gasteiger partial charge in [0.2, 0.25) is 0 Å². The van der Waals surface area contributed by atoms with Gasteiger partial charge in [0, 0.05) is 11.5 Å². The Morgan fingerprint density at radius 3 is 2.74 bits per heavy atom. The minimum Gasteiger partial charge on any atom is -0.487 e. The van der Waals surface area contributed by atoms with E-state index < -0.39 is 0 Å². The van der Waals surface area contributed by atoms with Gasteiger partial charge >= 0.3 is 0 Å². The lowest BCUT2D eigenvalue weighted by atomic mass is 9.73. The van der Waals surface area contributed by atoms with E-state index in [2.05, 4.69) is 39.5 Å². The van der Waals surface area contributed by atoms with E-state index in [4.69, 9.17) is 9.47 Å². The van der Waals surface area contributed by atoms with Crippen LogP contribution in [-0.4, -0.2) is 11.2 Å². The zero-order valence-corrected chi connectivity index (χ0v) is 12.0. The van der Waals surface area contributed by atoms with Crippen molar-refractivity contribution in [2.75, 3.05) is 0 Å². The van der Waals surface area contributed by atoms with Crippen molar-refractivity contribution >= 4 is 0 Å². The van der Waals surface area contributed by atoms with E-state index in [-0.39, 0.29) is 17.3 Å². The number of ether oxygens (including phenoxy) is 2. The topological polar surface area (TPSA) is 18.5 Å². The van der Waals surface area contributed by atoms with Crippen molar-refractivity contribution in [1.29, 1.82) is 0 Å². The fourth-order valence-electron chi connectivity index (χ4n) is 3.33. The minimum absolute atomic E-state index is 0.108. The van der Waals surface area contributed by atoms with Gasteiger partial charge in [0.1, 0.15) is 11.4 Å². The van der Waals surface area contributed by atoms with Gasteiger partial charge < -0.3 is 9.47 Å². The first-order valence-corrected chi connectivity index (χ1v) is 7.04. The van der Waals surface area contributed by atoms with Crippen LogP contribution in [0.15, 0.2) is 36.9 Å². The summed E-state index contributed by atoms with van der Waals surface area (Å²) in [5.41, 5.74) is 0.781. The molecule has 2 aliphatic heterocycles. The quantitative estimate of drug-likeness (QED) is 0.700. The van der Waals surface area contributed by atoms with Crippen LogP contribution in [-0.2, 0) is 4.74 Å². The largest absolute Gasteiger partial charge is 0.487 e. The first-order chi connectivity index (χ1) is 8.95. The Hall–Kier alpha value is -1.28. The molecule has 1 aromatic rings. The van der Waals surface area contributed by atoms with Crippen LogP contribution in [0.5, 0.6) is 5.75 Å². The molecule has 0 N–H and O–H groups in total. The fraction of sp³-hybridized carbons (Fsp3) is 0.529. The van der Waals surface area contributed by atoms with Gasteiger partial charge in [0.15, 0.2) is 0 Å². The summed E-state index contributed by atoms with van der Waals surface area (Å²) in [5, 5.41) is 0. The Bertz CT molecular complexity index is 506. The van der Waals surface area contributed by atoms with Crippen molar-refractivity contribution in [2.45, 2.75) is 50.9 Å². The molecular formula is C17H22O2. The fourth-order valence-corrected chi connectivity index (χ4v) is 3.33. The van der Waals surface area contributed by atoms with Gasteiger partial charge in [-0.25, -0.2) is 0 Å². The standard InChI is InChI=1S/C17H22O2/c1-5-17(4)11-10-13-15(19-17)12-8-6-7-9-14(12)18-16(13,2)3/h5-9,13,15H,1,10-11H2,2-4H3. The number of fused-ring (bicyclic) bond motifs is 3. The second-order valence-electron chi connectivity index (χ2n) is 6.44. The normalized spacial score (nSPS) is 35.7. The van der Waals surface area contributed by atoms with Crippen LogP contribution in [0.4, 0.5) is 0 Å². The number of hydrogen-bond acceptors (Lipinski definition) is 2. The Balaban J connectivity index is 2.05. The number of rotatable bonds is 1. The molecule has 2 heteroatoms. The zero-order valence-electron chi connectivity index (χ0n) is 12.0. The molecule has 102 valence electrons. The van der Waals surface area contributed by atoms with E-state index in [0.717, 1.165) is 18.6 Å². The highest BCUT2D eigenvalue weighted by atomic mass is 16.5. The van der Waals surface area contributed by atoms with Crippen molar-refractivity contribution in [3.63, 3.8) is 0 Å². The second kappa shape index (κ2) is 4.11. The molecule has 0 bridgehead atoms. The molecule has 0 aromatic heterocycles. The van der Waals surface area contributed by atoms with Crippen molar-refractivity contribution in [3.8, 4) is 5.75 Å². The molecule has 3 rings (SSSR count). The predicted octanol–water partition coefficient (Wildman–Crippen LogP) is 4.27.